The molecule has 0 fully saturated rings. The molecule has 0 atom stereocenters. The van der Waals surface area contributed by atoms with Gasteiger partial charge in [0.15, 0.2) is 0 Å². The molecular weight excluding hydrogens is 356 g/mol. The fourth-order valence-electron chi connectivity index (χ4n) is 2.18. The van der Waals surface area contributed by atoms with Gasteiger partial charge in [0.1, 0.15) is 6.61 Å². The lowest BCUT2D eigenvalue weighted by atomic mass is 10.2. The predicted octanol–water partition coefficient (Wildman–Crippen LogP) is 3.88. The van der Waals surface area contributed by atoms with Gasteiger partial charge >= 0.3 is 11.9 Å². The van der Waals surface area contributed by atoms with Crippen LogP contribution >= 0.6 is 0 Å². The first kappa shape index (κ1) is 20.6. The maximum absolute atomic E-state index is 11.6. The number of carbonyl (C=O) groups is 2. The van der Waals surface area contributed by atoms with Crippen LogP contribution in [0.1, 0.15) is 33.2 Å². The molecule has 0 aliphatic heterocycles. The van der Waals surface area contributed by atoms with Crippen LogP contribution in [-0.2, 0) is 16.1 Å². The molecule has 0 bridgehead atoms. The van der Waals surface area contributed by atoms with Gasteiger partial charge in [0.25, 0.3) is 0 Å². The summed E-state index contributed by atoms with van der Waals surface area (Å²) in [6.45, 7) is 2.42. The number of nitrogens with two attached hydrogens (primary N) is 1. The van der Waals surface area contributed by atoms with Gasteiger partial charge < -0.3 is 15.2 Å². The molecular formula is C22H22N2O4. The van der Waals surface area contributed by atoms with E-state index in [0.717, 1.165) is 5.56 Å². The normalized spacial score (nSPS) is 9.61. The molecule has 6 nitrogen and oxygen atoms in total. The summed E-state index contributed by atoms with van der Waals surface area (Å²) in [7, 11) is 0. The van der Waals surface area contributed by atoms with E-state index in [1.807, 2.05) is 30.3 Å². The minimum absolute atomic E-state index is 0.286. The third-order valence-corrected chi connectivity index (χ3v) is 3.57. The molecule has 6 heteroatoms. The van der Waals surface area contributed by atoms with Crippen molar-refractivity contribution in [2.75, 3.05) is 12.3 Å². The number of anilines is 1. The average Bonchev–Trinajstić information content (AvgIpc) is 2.74. The van der Waals surface area contributed by atoms with E-state index in [4.69, 9.17) is 15.2 Å². The number of ether oxygens (including phenoxy) is 2. The van der Waals surface area contributed by atoms with Crippen LogP contribution in [0.4, 0.5) is 5.69 Å². The van der Waals surface area contributed by atoms with Crippen molar-refractivity contribution in [1.29, 1.82) is 0 Å². The summed E-state index contributed by atoms with van der Waals surface area (Å²) in [5, 5.41) is 0. The Bertz CT molecular complexity index is 883. The monoisotopic (exact) mass is 378 g/mol. The highest BCUT2D eigenvalue weighted by molar-refractivity contribution is 5.94. The van der Waals surface area contributed by atoms with Crippen molar-refractivity contribution in [3.8, 4) is 0 Å². The van der Waals surface area contributed by atoms with Crippen molar-refractivity contribution in [1.82, 2.24) is 4.98 Å². The number of hydrogen-bond acceptors (Lipinski definition) is 6. The Morgan fingerprint density at radius 1 is 0.893 bits per heavy atom. The molecule has 144 valence electrons. The fraction of sp³-hybridized carbons (Fsp3) is 0.136. The highest BCUT2D eigenvalue weighted by Crippen LogP contribution is 2.11. The Balaban J connectivity index is 0.000000209. The largest absolute Gasteiger partial charge is 0.462 e. The molecule has 3 aromatic rings. The van der Waals surface area contributed by atoms with Crippen LogP contribution in [-0.4, -0.2) is 23.5 Å². The maximum atomic E-state index is 11.6. The molecule has 0 spiro atoms. The lowest BCUT2D eigenvalue weighted by Gasteiger charge is -2.03. The van der Waals surface area contributed by atoms with Crippen LogP contribution in [0.25, 0.3) is 0 Å². The van der Waals surface area contributed by atoms with E-state index in [2.05, 4.69) is 4.98 Å². The number of nitrogen functional groups attached to an aromatic ring is 1. The summed E-state index contributed by atoms with van der Waals surface area (Å²) in [5.74, 6) is -0.715. The highest BCUT2D eigenvalue weighted by atomic mass is 16.5. The molecule has 0 aliphatic rings. The summed E-state index contributed by atoms with van der Waals surface area (Å²) in [4.78, 5) is 26.6. The van der Waals surface area contributed by atoms with Gasteiger partial charge in [-0.05, 0) is 36.8 Å². The first-order valence-electron chi connectivity index (χ1n) is 8.74. The van der Waals surface area contributed by atoms with Gasteiger partial charge in [0.2, 0.25) is 0 Å². The van der Waals surface area contributed by atoms with Gasteiger partial charge in [-0.25, -0.2) is 9.59 Å². The van der Waals surface area contributed by atoms with E-state index in [-0.39, 0.29) is 18.5 Å². The predicted molar refractivity (Wildman–Crippen MR) is 107 cm³/mol. The Morgan fingerprint density at radius 3 is 2.25 bits per heavy atom. The second-order valence-electron chi connectivity index (χ2n) is 5.61. The van der Waals surface area contributed by atoms with E-state index in [9.17, 15) is 9.59 Å². The Morgan fingerprint density at radius 2 is 1.61 bits per heavy atom. The Labute approximate surface area is 163 Å². The SMILES string of the molecule is CCOC(=O)c1ccccc1N.O=C(OCc1ccccc1)c1cccnc1. The number of nitrogens with zero attached hydrogens (tertiary/aromatic N) is 1. The highest BCUT2D eigenvalue weighted by Gasteiger charge is 2.08. The molecule has 1 heterocycles. The summed E-state index contributed by atoms with van der Waals surface area (Å²) in [5.41, 5.74) is 7.88. The zero-order chi connectivity index (χ0) is 20.2. The fourth-order valence-corrected chi connectivity index (χ4v) is 2.18. The van der Waals surface area contributed by atoms with Gasteiger partial charge in [-0.2, -0.15) is 0 Å². The third kappa shape index (κ3) is 6.57. The molecule has 2 N–H and O–H groups in total. The molecule has 0 unspecified atom stereocenters. The van der Waals surface area contributed by atoms with Crippen molar-refractivity contribution < 1.29 is 19.1 Å². The lowest BCUT2D eigenvalue weighted by Crippen LogP contribution is -2.07. The molecule has 0 radical (unpaired) electrons. The summed E-state index contributed by atoms with van der Waals surface area (Å²) < 4.78 is 9.93. The number of para-hydroxylation sites is 1. The Hall–Kier alpha value is -3.67. The first-order valence-corrected chi connectivity index (χ1v) is 8.74. The Kier molecular flexibility index (Phi) is 8.20. The van der Waals surface area contributed by atoms with Gasteiger partial charge in [0, 0.05) is 18.1 Å². The molecule has 28 heavy (non-hydrogen) atoms. The quantitative estimate of drug-likeness (QED) is 0.535. The van der Waals surface area contributed by atoms with Crippen LogP contribution in [0.5, 0.6) is 0 Å². The number of rotatable bonds is 5. The minimum atomic E-state index is -0.365. The molecule has 0 amide bonds. The molecule has 3 rings (SSSR count). The topological polar surface area (TPSA) is 91.5 Å². The molecule has 0 saturated heterocycles. The average molecular weight is 378 g/mol. The van der Waals surface area contributed by atoms with Crippen LogP contribution < -0.4 is 5.73 Å². The van der Waals surface area contributed by atoms with Crippen molar-refractivity contribution in [2.24, 2.45) is 0 Å². The van der Waals surface area contributed by atoms with E-state index in [1.54, 1.807) is 49.5 Å². The van der Waals surface area contributed by atoms with Gasteiger partial charge in [-0.1, -0.05) is 42.5 Å². The van der Waals surface area contributed by atoms with E-state index in [0.29, 0.717) is 23.4 Å². The number of carbonyl (C=O) groups excluding carboxylic acids is 2. The second kappa shape index (κ2) is 11.1. The van der Waals surface area contributed by atoms with Crippen LogP contribution in [0.2, 0.25) is 0 Å². The van der Waals surface area contributed by atoms with E-state index in [1.165, 1.54) is 6.20 Å². The summed E-state index contributed by atoms with van der Waals surface area (Å²) >= 11 is 0. The van der Waals surface area contributed by atoms with Crippen LogP contribution in [0.15, 0.2) is 79.1 Å². The second-order valence-corrected chi connectivity index (χ2v) is 5.61. The number of hydrogen-bond donors (Lipinski definition) is 1. The minimum Gasteiger partial charge on any atom is -0.462 e. The van der Waals surface area contributed by atoms with Gasteiger partial charge in [-0.15, -0.1) is 0 Å². The van der Waals surface area contributed by atoms with Crippen molar-refractivity contribution >= 4 is 17.6 Å². The maximum Gasteiger partial charge on any atom is 0.340 e. The van der Waals surface area contributed by atoms with Crippen LogP contribution in [0, 0.1) is 0 Å². The molecule has 2 aromatic carbocycles. The van der Waals surface area contributed by atoms with Gasteiger partial charge in [-0.3, -0.25) is 4.98 Å². The molecule has 0 aliphatic carbocycles. The third-order valence-electron chi connectivity index (χ3n) is 3.57. The van der Waals surface area contributed by atoms with E-state index >= 15 is 0 Å². The van der Waals surface area contributed by atoms with Crippen molar-refractivity contribution in [2.45, 2.75) is 13.5 Å². The molecule has 0 saturated carbocycles. The number of aromatic nitrogens is 1. The molecule has 1 aromatic heterocycles. The number of esters is 2. The van der Waals surface area contributed by atoms with Crippen molar-refractivity contribution in [3.63, 3.8) is 0 Å². The zero-order valence-electron chi connectivity index (χ0n) is 15.6. The number of benzene rings is 2. The zero-order valence-corrected chi connectivity index (χ0v) is 15.6. The summed E-state index contributed by atoms with van der Waals surface area (Å²) in [6.07, 6.45) is 3.11. The lowest BCUT2D eigenvalue weighted by molar-refractivity contribution is 0.0470. The smallest absolute Gasteiger partial charge is 0.340 e. The van der Waals surface area contributed by atoms with Crippen molar-refractivity contribution in [3.05, 3.63) is 95.8 Å². The van der Waals surface area contributed by atoms with Crippen LogP contribution in [0.3, 0.4) is 0 Å². The summed E-state index contributed by atoms with van der Waals surface area (Å²) in [6, 6.07) is 19.8. The number of pyridine rings is 1. The standard InChI is InChI=1S/C13H11NO2.C9H11NO2/c15-13(12-7-4-8-14-9-12)16-10-11-5-2-1-3-6-11;1-2-12-9(11)7-5-3-4-6-8(7)10/h1-9H,10H2;3-6H,2,10H2,1H3. The van der Waals surface area contributed by atoms with E-state index < -0.39 is 0 Å². The first-order chi connectivity index (χ1) is 13.6. The van der Waals surface area contributed by atoms with Gasteiger partial charge in [0.05, 0.1) is 17.7 Å².